The van der Waals surface area contributed by atoms with Crippen LogP contribution in [0.1, 0.15) is 81.8 Å². The summed E-state index contributed by atoms with van der Waals surface area (Å²) in [5.74, 6) is 3.67. The minimum atomic E-state index is 0.227. The van der Waals surface area contributed by atoms with Crippen molar-refractivity contribution in [2.75, 3.05) is 26.2 Å². The van der Waals surface area contributed by atoms with E-state index in [-0.39, 0.29) is 5.91 Å². The highest BCUT2D eigenvalue weighted by Crippen LogP contribution is 2.34. The summed E-state index contributed by atoms with van der Waals surface area (Å²) in [6, 6.07) is 0. The molecule has 6 heteroatoms. The number of carbonyl (C=O) groups excluding carboxylic acids is 1. The number of hydrogen-bond acceptors (Lipinski definition) is 4. The highest BCUT2D eigenvalue weighted by atomic mass is 16.1. The van der Waals surface area contributed by atoms with Gasteiger partial charge in [0.25, 0.3) is 0 Å². The second-order valence-corrected chi connectivity index (χ2v) is 8.76. The molecule has 0 radical (unpaired) electrons. The van der Waals surface area contributed by atoms with Crippen LogP contribution in [-0.2, 0) is 17.8 Å². The molecule has 2 aliphatic heterocycles. The molecular weight excluding hydrogens is 338 g/mol. The predicted molar refractivity (Wildman–Crippen MR) is 106 cm³/mol. The number of aryl methyl sites for hydroxylation is 1. The zero-order valence-electron chi connectivity index (χ0n) is 16.7. The van der Waals surface area contributed by atoms with Crippen LogP contribution in [0.4, 0.5) is 0 Å². The van der Waals surface area contributed by atoms with Crippen LogP contribution in [0.25, 0.3) is 0 Å². The number of hydrogen-bond donors (Lipinski definition) is 1. The minimum absolute atomic E-state index is 0.227. The summed E-state index contributed by atoms with van der Waals surface area (Å²) in [5.41, 5.74) is 0. The maximum atomic E-state index is 12.4. The lowest BCUT2D eigenvalue weighted by molar-refractivity contribution is -0.122. The number of likely N-dealkylation sites (tertiary alicyclic amines) is 1. The Hall–Kier alpha value is -1.43. The van der Waals surface area contributed by atoms with E-state index in [9.17, 15) is 4.79 Å². The molecule has 1 saturated carbocycles. The number of amides is 1. The van der Waals surface area contributed by atoms with Gasteiger partial charge in [0, 0.05) is 38.4 Å². The number of carbonyl (C=O) groups is 1. The van der Waals surface area contributed by atoms with Gasteiger partial charge in [-0.05, 0) is 57.5 Å². The first-order chi connectivity index (χ1) is 13.3. The standard InChI is InChI=1S/C21H35N5O/c27-20(22-11-15-25-12-4-1-5-13-25)16-17-8-9-19-23-24-21(26(19)14-10-17)18-6-2-3-7-18/h17-18H,1-16H2,(H,22,27). The van der Waals surface area contributed by atoms with E-state index in [0.717, 1.165) is 44.7 Å². The topological polar surface area (TPSA) is 63.1 Å². The Bertz CT molecular complexity index is 616. The molecule has 0 bridgehead atoms. The van der Waals surface area contributed by atoms with E-state index in [1.807, 2.05) is 0 Å². The van der Waals surface area contributed by atoms with Crippen molar-refractivity contribution in [1.29, 1.82) is 0 Å². The van der Waals surface area contributed by atoms with Gasteiger partial charge in [-0.15, -0.1) is 10.2 Å². The molecular formula is C21H35N5O. The van der Waals surface area contributed by atoms with Crippen molar-refractivity contribution in [3.63, 3.8) is 0 Å². The van der Waals surface area contributed by atoms with Crippen LogP contribution < -0.4 is 5.32 Å². The van der Waals surface area contributed by atoms with Crippen molar-refractivity contribution < 1.29 is 4.79 Å². The summed E-state index contributed by atoms with van der Waals surface area (Å²) in [4.78, 5) is 14.9. The highest BCUT2D eigenvalue weighted by Gasteiger charge is 2.27. The molecule has 1 saturated heterocycles. The molecule has 0 aromatic carbocycles. The average molecular weight is 374 g/mol. The van der Waals surface area contributed by atoms with Gasteiger partial charge in [0.1, 0.15) is 11.6 Å². The van der Waals surface area contributed by atoms with Gasteiger partial charge >= 0.3 is 0 Å². The number of nitrogens with one attached hydrogen (secondary N) is 1. The first kappa shape index (κ1) is 18.9. The van der Waals surface area contributed by atoms with Gasteiger partial charge in [0.2, 0.25) is 5.91 Å². The minimum Gasteiger partial charge on any atom is -0.355 e. The van der Waals surface area contributed by atoms with Gasteiger partial charge < -0.3 is 14.8 Å². The predicted octanol–water partition coefficient (Wildman–Crippen LogP) is 2.88. The Morgan fingerprint density at radius 3 is 2.59 bits per heavy atom. The molecule has 6 nitrogen and oxygen atoms in total. The van der Waals surface area contributed by atoms with Crippen LogP contribution in [0, 0.1) is 5.92 Å². The van der Waals surface area contributed by atoms with E-state index in [1.165, 1.54) is 63.9 Å². The molecule has 1 unspecified atom stereocenters. The lowest BCUT2D eigenvalue weighted by Crippen LogP contribution is -2.38. The Kier molecular flexibility index (Phi) is 6.43. The van der Waals surface area contributed by atoms with Crippen LogP contribution >= 0.6 is 0 Å². The number of nitrogens with zero attached hydrogens (tertiary/aromatic N) is 4. The molecule has 0 spiro atoms. The third kappa shape index (κ3) is 4.89. The average Bonchev–Trinajstić information content (AvgIpc) is 3.30. The second kappa shape index (κ2) is 9.18. The molecule has 4 rings (SSSR count). The van der Waals surface area contributed by atoms with E-state index in [0.29, 0.717) is 18.3 Å². The number of rotatable bonds is 6. The van der Waals surface area contributed by atoms with Crippen molar-refractivity contribution in [1.82, 2.24) is 25.0 Å². The zero-order chi connectivity index (χ0) is 18.5. The van der Waals surface area contributed by atoms with Gasteiger partial charge in [-0.1, -0.05) is 19.3 Å². The summed E-state index contributed by atoms with van der Waals surface area (Å²) in [7, 11) is 0. The van der Waals surface area contributed by atoms with Crippen molar-refractivity contribution in [3.05, 3.63) is 11.6 Å². The summed E-state index contributed by atoms with van der Waals surface area (Å²) in [5, 5.41) is 12.2. The number of piperidine rings is 1. The number of aromatic nitrogens is 3. The van der Waals surface area contributed by atoms with Crippen molar-refractivity contribution in [2.24, 2.45) is 5.92 Å². The molecule has 1 amide bonds. The summed E-state index contributed by atoms with van der Waals surface area (Å²) in [6.07, 6.45) is 12.9. The molecule has 1 aliphatic carbocycles. The Balaban J connectivity index is 1.22. The molecule has 1 aromatic heterocycles. The van der Waals surface area contributed by atoms with Gasteiger partial charge in [0.05, 0.1) is 0 Å². The molecule has 1 atom stereocenters. The summed E-state index contributed by atoms with van der Waals surface area (Å²) >= 11 is 0. The van der Waals surface area contributed by atoms with Crippen LogP contribution in [-0.4, -0.2) is 51.8 Å². The Morgan fingerprint density at radius 2 is 1.78 bits per heavy atom. The van der Waals surface area contributed by atoms with E-state index in [1.54, 1.807) is 0 Å². The van der Waals surface area contributed by atoms with E-state index < -0.39 is 0 Å². The fraction of sp³-hybridized carbons (Fsp3) is 0.857. The molecule has 3 heterocycles. The monoisotopic (exact) mass is 373 g/mol. The zero-order valence-corrected chi connectivity index (χ0v) is 16.7. The smallest absolute Gasteiger partial charge is 0.220 e. The first-order valence-corrected chi connectivity index (χ1v) is 11.2. The van der Waals surface area contributed by atoms with Crippen LogP contribution in [0.2, 0.25) is 0 Å². The highest BCUT2D eigenvalue weighted by molar-refractivity contribution is 5.76. The molecule has 3 aliphatic rings. The third-order valence-corrected chi connectivity index (χ3v) is 6.79. The van der Waals surface area contributed by atoms with Gasteiger partial charge in [-0.25, -0.2) is 0 Å². The van der Waals surface area contributed by atoms with Crippen molar-refractivity contribution in [3.8, 4) is 0 Å². The Morgan fingerprint density at radius 1 is 0.963 bits per heavy atom. The fourth-order valence-corrected chi connectivity index (χ4v) is 5.13. The Labute approximate surface area is 163 Å². The SMILES string of the molecule is O=C(CC1CCc2nnc(C3CCCC3)n2CC1)NCCN1CCCCC1. The molecule has 2 fully saturated rings. The maximum Gasteiger partial charge on any atom is 0.220 e. The van der Waals surface area contributed by atoms with Crippen molar-refractivity contribution in [2.45, 2.75) is 83.1 Å². The molecule has 1 aromatic rings. The van der Waals surface area contributed by atoms with Crippen LogP contribution in [0.3, 0.4) is 0 Å². The number of fused-ring (bicyclic) bond motifs is 1. The normalized spacial score (nSPS) is 24.5. The second-order valence-electron chi connectivity index (χ2n) is 8.76. The maximum absolute atomic E-state index is 12.4. The molecule has 1 N–H and O–H groups in total. The van der Waals surface area contributed by atoms with E-state index in [2.05, 4.69) is 25.0 Å². The third-order valence-electron chi connectivity index (χ3n) is 6.79. The summed E-state index contributed by atoms with van der Waals surface area (Å²) in [6.45, 7) is 5.17. The molecule has 150 valence electrons. The first-order valence-electron chi connectivity index (χ1n) is 11.2. The van der Waals surface area contributed by atoms with Gasteiger partial charge in [-0.2, -0.15) is 0 Å². The summed E-state index contributed by atoms with van der Waals surface area (Å²) < 4.78 is 2.38. The fourth-order valence-electron chi connectivity index (χ4n) is 5.13. The van der Waals surface area contributed by atoms with Gasteiger partial charge in [-0.3, -0.25) is 4.79 Å². The lowest BCUT2D eigenvalue weighted by Gasteiger charge is -2.26. The van der Waals surface area contributed by atoms with Crippen LogP contribution in [0.15, 0.2) is 0 Å². The molecule has 27 heavy (non-hydrogen) atoms. The lowest BCUT2D eigenvalue weighted by atomic mass is 9.96. The van der Waals surface area contributed by atoms with Gasteiger partial charge in [0.15, 0.2) is 0 Å². The largest absolute Gasteiger partial charge is 0.355 e. The van der Waals surface area contributed by atoms with Crippen molar-refractivity contribution >= 4 is 5.91 Å². The quantitative estimate of drug-likeness (QED) is 0.833. The van der Waals surface area contributed by atoms with Crippen LogP contribution in [0.5, 0.6) is 0 Å². The van der Waals surface area contributed by atoms with E-state index >= 15 is 0 Å². The van der Waals surface area contributed by atoms with E-state index in [4.69, 9.17) is 0 Å².